The molecular formula is C27H34N8O3S. The Morgan fingerprint density at radius 2 is 1.77 bits per heavy atom. The molecule has 1 aliphatic rings. The summed E-state index contributed by atoms with van der Waals surface area (Å²) in [5.74, 6) is 1.90. The molecule has 0 spiro atoms. The van der Waals surface area contributed by atoms with Crippen molar-refractivity contribution in [2.24, 2.45) is 0 Å². The van der Waals surface area contributed by atoms with E-state index in [2.05, 4.69) is 20.6 Å². The van der Waals surface area contributed by atoms with E-state index in [4.69, 9.17) is 14.7 Å². The zero-order chi connectivity index (χ0) is 27.9. The highest BCUT2D eigenvalue weighted by Crippen LogP contribution is 2.36. The standard InChI is InChI=1S/C27H34N8O3S/c1-16-10-11-20(22(13-16)34(5)39(6,36)37)31-21-14-23(32-24-15-28-17(2)18(3)29-24)33-27-26(21)30-19(4)35(27)25-9-7-8-12-38-25/h10-11,13-15,25H,7-9,12H2,1-6H3,(H2,29,31,32,33). The predicted molar refractivity (Wildman–Crippen MR) is 154 cm³/mol. The van der Waals surface area contributed by atoms with Gasteiger partial charge in [0.1, 0.15) is 29.2 Å². The molecule has 12 heteroatoms. The number of pyridine rings is 1. The minimum absolute atomic E-state index is 0.160. The minimum Gasteiger partial charge on any atom is -0.358 e. The first-order chi connectivity index (χ1) is 18.5. The van der Waals surface area contributed by atoms with Crippen LogP contribution in [-0.4, -0.2) is 52.8 Å². The average Bonchev–Trinajstić information content (AvgIpc) is 3.22. The second-order valence-electron chi connectivity index (χ2n) is 10.0. The Hall–Kier alpha value is -3.77. The fraction of sp³-hybridized carbons (Fsp3) is 0.407. The van der Waals surface area contributed by atoms with E-state index in [1.165, 1.54) is 10.6 Å². The summed E-state index contributed by atoms with van der Waals surface area (Å²) in [6, 6.07) is 7.49. The molecule has 1 aromatic carbocycles. The van der Waals surface area contributed by atoms with Gasteiger partial charge in [-0.25, -0.2) is 23.4 Å². The Balaban J connectivity index is 1.65. The molecule has 1 fully saturated rings. The molecule has 1 aliphatic heterocycles. The van der Waals surface area contributed by atoms with Crippen LogP contribution in [0.1, 0.15) is 48.3 Å². The Morgan fingerprint density at radius 1 is 0.974 bits per heavy atom. The van der Waals surface area contributed by atoms with Gasteiger partial charge in [0.2, 0.25) is 10.0 Å². The number of ether oxygens (including phenoxy) is 1. The quantitative estimate of drug-likeness (QED) is 0.325. The first-order valence-corrected chi connectivity index (χ1v) is 14.8. The van der Waals surface area contributed by atoms with Gasteiger partial charge in [0.05, 0.1) is 40.9 Å². The smallest absolute Gasteiger partial charge is 0.232 e. The van der Waals surface area contributed by atoms with Crippen LogP contribution in [0.25, 0.3) is 11.2 Å². The minimum atomic E-state index is -3.49. The number of nitrogens with zero attached hydrogens (tertiary/aromatic N) is 6. The van der Waals surface area contributed by atoms with Crippen molar-refractivity contribution >= 4 is 49.9 Å². The summed E-state index contributed by atoms with van der Waals surface area (Å²) in [5, 5.41) is 6.73. The number of aromatic nitrogens is 5. The number of hydrogen-bond donors (Lipinski definition) is 2. The molecule has 5 rings (SSSR count). The molecule has 0 bridgehead atoms. The molecule has 0 saturated carbocycles. The Morgan fingerprint density at radius 3 is 2.46 bits per heavy atom. The lowest BCUT2D eigenvalue weighted by Gasteiger charge is -2.25. The number of hydrogen-bond acceptors (Lipinski definition) is 9. The number of fused-ring (bicyclic) bond motifs is 1. The topological polar surface area (TPSA) is 127 Å². The highest BCUT2D eigenvalue weighted by Gasteiger charge is 2.24. The molecule has 4 heterocycles. The van der Waals surface area contributed by atoms with Gasteiger partial charge in [-0.3, -0.25) is 13.9 Å². The summed E-state index contributed by atoms with van der Waals surface area (Å²) in [4.78, 5) is 18.8. The molecule has 0 amide bonds. The van der Waals surface area contributed by atoms with Crippen LogP contribution in [0, 0.1) is 27.7 Å². The van der Waals surface area contributed by atoms with E-state index in [9.17, 15) is 8.42 Å². The van der Waals surface area contributed by atoms with E-state index in [1.54, 1.807) is 13.2 Å². The third-order valence-corrected chi connectivity index (χ3v) is 8.17. The van der Waals surface area contributed by atoms with Gasteiger partial charge < -0.3 is 15.4 Å². The molecule has 3 aromatic heterocycles. The van der Waals surface area contributed by atoms with Gasteiger partial charge in [-0.15, -0.1) is 0 Å². The van der Waals surface area contributed by atoms with Gasteiger partial charge in [0.25, 0.3) is 0 Å². The third-order valence-electron chi connectivity index (χ3n) is 6.98. The number of sulfonamides is 1. The molecule has 0 aliphatic carbocycles. The molecule has 2 N–H and O–H groups in total. The second-order valence-corrected chi connectivity index (χ2v) is 12.0. The van der Waals surface area contributed by atoms with Gasteiger partial charge in [-0.05, 0) is 64.7 Å². The maximum absolute atomic E-state index is 12.4. The largest absolute Gasteiger partial charge is 0.358 e. The molecule has 1 saturated heterocycles. The lowest BCUT2D eigenvalue weighted by atomic mass is 10.1. The van der Waals surface area contributed by atoms with Crippen LogP contribution in [0.4, 0.5) is 28.7 Å². The first-order valence-electron chi connectivity index (χ1n) is 12.9. The number of imidazole rings is 1. The summed E-state index contributed by atoms with van der Waals surface area (Å²) < 4.78 is 34.3. The second kappa shape index (κ2) is 10.4. The SMILES string of the molecule is Cc1ccc(Nc2cc(Nc3cnc(C)c(C)n3)nc3c2nc(C)n3C2CCCCO2)c(N(C)S(C)(=O)=O)c1. The van der Waals surface area contributed by atoms with Crippen molar-refractivity contribution < 1.29 is 13.2 Å². The van der Waals surface area contributed by atoms with Crippen molar-refractivity contribution in [2.75, 3.05) is 34.8 Å². The summed E-state index contributed by atoms with van der Waals surface area (Å²) in [7, 11) is -1.94. The third kappa shape index (κ3) is 5.52. The van der Waals surface area contributed by atoms with Crippen LogP contribution in [-0.2, 0) is 14.8 Å². The number of benzene rings is 1. The number of aryl methyl sites for hydroxylation is 4. The normalized spacial score (nSPS) is 15.9. The molecular weight excluding hydrogens is 516 g/mol. The number of anilines is 5. The maximum Gasteiger partial charge on any atom is 0.232 e. The van der Waals surface area contributed by atoms with Crippen LogP contribution < -0.4 is 14.9 Å². The fourth-order valence-corrected chi connectivity index (χ4v) is 5.18. The van der Waals surface area contributed by atoms with E-state index >= 15 is 0 Å². The van der Waals surface area contributed by atoms with E-state index in [0.29, 0.717) is 46.5 Å². The van der Waals surface area contributed by atoms with Crippen molar-refractivity contribution in [1.82, 2.24) is 24.5 Å². The summed E-state index contributed by atoms with van der Waals surface area (Å²) >= 11 is 0. The van der Waals surface area contributed by atoms with Gasteiger partial charge in [0, 0.05) is 19.7 Å². The Labute approximate surface area is 228 Å². The number of nitrogens with one attached hydrogen (secondary N) is 2. The van der Waals surface area contributed by atoms with E-state index < -0.39 is 10.0 Å². The molecule has 0 radical (unpaired) electrons. The van der Waals surface area contributed by atoms with Gasteiger partial charge in [0.15, 0.2) is 5.65 Å². The molecule has 11 nitrogen and oxygen atoms in total. The van der Waals surface area contributed by atoms with Gasteiger partial charge in [-0.2, -0.15) is 0 Å². The molecule has 1 atom stereocenters. The van der Waals surface area contributed by atoms with E-state index in [0.717, 1.165) is 42.0 Å². The fourth-order valence-electron chi connectivity index (χ4n) is 4.67. The average molecular weight is 551 g/mol. The Bertz CT molecular complexity index is 1640. The number of rotatable bonds is 7. The van der Waals surface area contributed by atoms with Crippen LogP contribution in [0.5, 0.6) is 0 Å². The highest BCUT2D eigenvalue weighted by atomic mass is 32.2. The van der Waals surface area contributed by atoms with Crippen molar-refractivity contribution in [3.8, 4) is 0 Å². The maximum atomic E-state index is 12.4. The summed E-state index contributed by atoms with van der Waals surface area (Å²) in [6.07, 6.45) is 5.67. The van der Waals surface area contributed by atoms with Gasteiger partial charge in [-0.1, -0.05) is 6.07 Å². The van der Waals surface area contributed by atoms with Crippen LogP contribution in [0.15, 0.2) is 30.5 Å². The van der Waals surface area contributed by atoms with Crippen LogP contribution >= 0.6 is 0 Å². The van der Waals surface area contributed by atoms with Gasteiger partial charge >= 0.3 is 0 Å². The molecule has 206 valence electrons. The monoisotopic (exact) mass is 550 g/mol. The highest BCUT2D eigenvalue weighted by molar-refractivity contribution is 7.92. The van der Waals surface area contributed by atoms with Crippen molar-refractivity contribution in [3.63, 3.8) is 0 Å². The summed E-state index contributed by atoms with van der Waals surface area (Å²) in [6.45, 7) is 8.38. The zero-order valence-corrected chi connectivity index (χ0v) is 23.9. The van der Waals surface area contributed by atoms with Crippen molar-refractivity contribution in [3.05, 3.63) is 53.2 Å². The molecule has 39 heavy (non-hydrogen) atoms. The lowest BCUT2D eigenvalue weighted by molar-refractivity contribution is -0.0308. The summed E-state index contributed by atoms with van der Waals surface area (Å²) in [5.41, 5.74) is 5.77. The van der Waals surface area contributed by atoms with E-state index in [1.807, 2.05) is 56.5 Å². The molecule has 4 aromatic rings. The first kappa shape index (κ1) is 26.8. The predicted octanol–water partition coefficient (Wildman–Crippen LogP) is 5.04. The van der Waals surface area contributed by atoms with E-state index in [-0.39, 0.29) is 6.23 Å². The zero-order valence-electron chi connectivity index (χ0n) is 23.1. The molecule has 1 unspecified atom stereocenters. The van der Waals surface area contributed by atoms with Crippen molar-refractivity contribution in [2.45, 2.75) is 53.2 Å². The van der Waals surface area contributed by atoms with Crippen LogP contribution in [0.2, 0.25) is 0 Å². The van der Waals surface area contributed by atoms with Crippen molar-refractivity contribution in [1.29, 1.82) is 0 Å². The lowest BCUT2D eigenvalue weighted by Crippen LogP contribution is -2.25. The van der Waals surface area contributed by atoms with Crippen LogP contribution in [0.3, 0.4) is 0 Å². The Kier molecular flexibility index (Phi) is 7.17.